The van der Waals surface area contributed by atoms with Gasteiger partial charge < -0.3 is 19.9 Å². The number of hydrogen-bond acceptors (Lipinski definition) is 2. The maximum absolute atomic E-state index is 12.4. The van der Waals surface area contributed by atoms with Gasteiger partial charge >= 0.3 is 0 Å². The quantitative estimate of drug-likeness (QED) is 0.649. The number of piperazine rings is 1. The number of quaternary nitrogens is 2. The molecular weight excluding hydrogens is 350 g/mol. The molecule has 1 amide bonds. The maximum Gasteiger partial charge on any atom is 0.279 e. The van der Waals surface area contributed by atoms with Crippen molar-refractivity contribution in [1.82, 2.24) is 0 Å². The Morgan fingerprint density at radius 2 is 1.61 bits per heavy atom. The lowest BCUT2D eigenvalue weighted by molar-refractivity contribution is -1.01. The van der Waals surface area contributed by atoms with Crippen LogP contribution in [0.25, 0.3) is 0 Å². The van der Waals surface area contributed by atoms with Crippen molar-refractivity contribution in [3.8, 4) is 5.75 Å². The number of anilines is 1. The van der Waals surface area contributed by atoms with Gasteiger partial charge in [0.05, 0.1) is 0 Å². The average molecular weight is 384 g/mol. The van der Waals surface area contributed by atoms with Crippen molar-refractivity contribution in [3.05, 3.63) is 59.2 Å². The largest absolute Gasteiger partial charge is 0.487 e. The lowest BCUT2D eigenvalue weighted by Gasteiger charge is -2.29. The summed E-state index contributed by atoms with van der Waals surface area (Å²) in [7, 11) is 0. The number of rotatable bonds is 7. The molecule has 2 aromatic rings. The molecule has 0 unspecified atom stereocenters. The fourth-order valence-corrected chi connectivity index (χ4v) is 3.72. The first kappa shape index (κ1) is 20.4. The molecule has 0 aromatic heterocycles. The Bertz CT molecular complexity index is 798. The highest BCUT2D eigenvalue weighted by Crippen LogP contribution is 2.17. The van der Waals surface area contributed by atoms with Gasteiger partial charge in [-0.3, -0.25) is 4.79 Å². The van der Waals surface area contributed by atoms with Gasteiger partial charge in [-0.1, -0.05) is 30.3 Å². The van der Waals surface area contributed by atoms with E-state index in [0.717, 1.165) is 56.3 Å². The zero-order chi connectivity index (χ0) is 19.9. The van der Waals surface area contributed by atoms with Crippen LogP contribution in [-0.4, -0.2) is 51.8 Å². The van der Waals surface area contributed by atoms with Crippen LogP contribution in [-0.2, 0) is 4.79 Å². The van der Waals surface area contributed by atoms with E-state index in [2.05, 4.69) is 38.2 Å². The van der Waals surface area contributed by atoms with Crippen molar-refractivity contribution in [3.63, 3.8) is 0 Å². The molecular formula is C23H33N3O2+2. The molecule has 0 aliphatic carbocycles. The van der Waals surface area contributed by atoms with Crippen molar-refractivity contribution in [1.29, 1.82) is 0 Å². The average Bonchev–Trinajstić information content (AvgIpc) is 2.68. The molecule has 1 aliphatic rings. The van der Waals surface area contributed by atoms with Crippen LogP contribution in [0, 0.1) is 20.8 Å². The highest BCUT2D eigenvalue weighted by atomic mass is 16.5. The van der Waals surface area contributed by atoms with Crippen molar-refractivity contribution in [2.75, 3.05) is 51.2 Å². The summed E-state index contributed by atoms with van der Waals surface area (Å²) in [6.45, 7) is 12.7. The monoisotopic (exact) mass is 383 g/mol. The van der Waals surface area contributed by atoms with Gasteiger partial charge in [-0.2, -0.15) is 0 Å². The van der Waals surface area contributed by atoms with Gasteiger partial charge in [0.1, 0.15) is 45.1 Å². The predicted octanol–water partition coefficient (Wildman–Crippen LogP) is 0.413. The summed E-state index contributed by atoms with van der Waals surface area (Å²) in [5, 5.41) is 3.08. The summed E-state index contributed by atoms with van der Waals surface area (Å²) in [6, 6.07) is 14.2. The van der Waals surface area contributed by atoms with Crippen LogP contribution < -0.4 is 19.9 Å². The second-order valence-corrected chi connectivity index (χ2v) is 7.84. The molecule has 28 heavy (non-hydrogen) atoms. The molecule has 0 saturated carbocycles. The highest BCUT2D eigenvalue weighted by molar-refractivity contribution is 5.92. The van der Waals surface area contributed by atoms with Gasteiger partial charge in [-0.15, -0.1) is 0 Å². The summed E-state index contributed by atoms with van der Waals surface area (Å²) in [6.07, 6.45) is 0. The van der Waals surface area contributed by atoms with Crippen LogP contribution in [0.2, 0.25) is 0 Å². The fraction of sp³-hybridized carbons (Fsp3) is 0.435. The van der Waals surface area contributed by atoms with Crippen LogP contribution in [0.3, 0.4) is 0 Å². The van der Waals surface area contributed by atoms with Gasteiger partial charge in [0.2, 0.25) is 0 Å². The first-order valence-corrected chi connectivity index (χ1v) is 10.2. The minimum absolute atomic E-state index is 0.107. The molecule has 1 saturated heterocycles. The molecule has 0 bridgehead atoms. The van der Waals surface area contributed by atoms with Gasteiger partial charge in [-0.05, 0) is 49.6 Å². The van der Waals surface area contributed by atoms with Crippen molar-refractivity contribution in [2.24, 2.45) is 0 Å². The number of nitrogens with one attached hydrogen (secondary N) is 3. The van der Waals surface area contributed by atoms with Gasteiger partial charge in [0.25, 0.3) is 5.91 Å². The van der Waals surface area contributed by atoms with E-state index in [1.54, 1.807) is 4.90 Å². The number of hydrogen-bond donors (Lipinski definition) is 3. The Morgan fingerprint density at radius 3 is 2.36 bits per heavy atom. The molecule has 5 heteroatoms. The van der Waals surface area contributed by atoms with Crippen molar-refractivity contribution in [2.45, 2.75) is 20.8 Å². The van der Waals surface area contributed by atoms with Crippen molar-refractivity contribution < 1.29 is 19.3 Å². The van der Waals surface area contributed by atoms with Crippen molar-refractivity contribution >= 4 is 11.6 Å². The first-order chi connectivity index (χ1) is 13.5. The number of aryl methyl sites for hydroxylation is 2. The fourth-order valence-electron chi connectivity index (χ4n) is 3.72. The number of amides is 1. The second kappa shape index (κ2) is 9.71. The molecule has 1 fully saturated rings. The van der Waals surface area contributed by atoms with Crippen LogP contribution in [0.5, 0.6) is 5.75 Å². The van der Waals surface area contributed by atoms with Gasteiger partial charge in [0, 0.05) is 5.69 Å². The highest BCUT2D eigenvalue weighted by Gasteiger charge is 2.24. The minimum Gasteiger partial charge on any atom is -0.487 e. The molecule has 5 nitrogen and oxygen atoms in total. The van der Waals surface area contributed by atoms with E-state index < -0.39 is 0 Å². The molecule has 1 aliphatic heterocycles. The third-order valence-electron chi connectivity index (χ3n) is 5.76. The summed E-state index contributed by atoms with van der Waals surface area (Å²) in [5.41, 5.74) is 4.47. The third kappa shape index (κ3) is 5.57. The molecule has 1 heterocycles. The Morgan fingerprint density at radius 1 is 0.929 bits per heavy atom. The van der Waals surface area contributed by atoms with E-state index in [4.69, 9.17) is 4.74 Å². The molecule has 3 rings (SSSR count). The topological polar surface area (TPSA) is 47.2 Å². The number of para-hydroxylation sites is 1. The molecule has 3 N–H and O–H groups in total. The Labute approximate surface area is 168 Å². The summed E-state index contributed by atoms with van der Waals surface area (Å²) < 4.78 is 5.93. The summed E-state index contributed by atoms with van der Waals surface area (Å²) in [4.78, 5) is 15.4. The Hall–Kier alpha value is -2.37. The van der Waals surface area contributed by atoms with Crippen LogP contribution in [0.4, 0.5) is 5.69 Å². The predicted molar refractivity (Wildman–Crippen MR) is 112 cm³/mol. The molecule has 0 spiro atoms. The minimum atomic E-state index is 0.107. The van der Waals surface area contributed by atoms with Crippen LogP contribution >= 0.6 is 0 Å². The first-order valence-electron chi connectivity index (χ1n) is 10.2. The lowest BCUT2D eigenvalue weighted by Crippen LogP contribution is -3.28. The van der Waals surface area contributed by atoms with E-state index in [1.807, 2.05) is 30.3 Å². The van der Waals surface area contributed by atoms with Crippen LogP contribution in [0.15, 0.2) is 42.5 Å². The smallest absolute Gasteiger partial charge is 0.279 e. The zero-order valence-electron chi connectivity index (χ0n) is 17.3. The van der Waals surface area contributed by atoms with Gasteiger partial charge in [0.15, 0.2) is 6.54 Å². The van der Waals surface area contributed by atoms with E-state index >= 15 is 0 Å². The van der Waals surface area contributed by atoms with E-state index in [9.17, 15) is 4.79 Å². The SMILES string of the molecule is Cc1ccccc1OCC[NH+]1CC[NH+](CC(=O)Nc2cccc(C)c2C)CC1. The van der Waals surface area contributed by atoms with E-state index in [0.29, 0.717) is 6.54 Å². The standard InChI is InChI=1S/C23H31N3O2/c1-18-8-6-9-21(20(18)3)24-23(27)17-26-13-11-25(12-14-26)15-16-28-22-10-5-4-7-19(22)2/h4-10H,11-17H2,1-3H3,(H,24,27)/p+2. The Balaban J connectivity index is 1.37. The molecule has 2 aromatic carbocycles. The number of carbonyl (C=O) groups excluding carboxylic acids is 1. The molecule has 0 atom stereocenters. The van der Waals surface area contributed by atoms with Crippen LogP contribution in [0.1, 0.15) is 16.7 Å². The third-order valence-corrected chi connectivity index (χ3v) is 5.76. The Kier molecular flexibility index (Phi) is 7.06. The molecule has 0 radical (unpaired) electrons. The number of benzene rings is 2. The number of carbonyl (C=O) groups is 1. The lowest BCUT2D eigenvalue weighted by atomic mass is 10.1. The normalized spacial score (nSPS) is 19.2. The number of ether oxygens (including phenoxy) is 1. The summed E-state index contributed by atoms with van der Waals surface area (Å²) in [5.74, 6) is 1.09. The molecule has 150 valence electrons. The van der Waals surface area contributed by atoms with Gasteiger partial charge in [-0.25, -0.2) is 0 Å². The second-order valence-electron chi connectivity index (χ2n) is 7.84. The van der Waals surface area contributed by atoms with E-state index in [1.165, 1.54) is 16.0 Å². The maximum atomic E-state index is 12.4. The van der Waals surface area contributed by atoms with E-state index in [-0.39, 0.29) is 5.91 Å². The zero-order valence-corrected chi connectivity index (χ0v) is 17.3. The summed E-state index contributed by atoms with van der Waals surface area (Å²) >= 11 is 0.